The fourth-order valence-electron chi connectivity index (χ4n) is 2.95. The van der Waals surface area contributed by atoms with Gasteiger partial charge in [0.05, 0.1) is 11.1 Å². The lowest BCUT2D eigenvalue weighted by Crippen LogP contribution is -2.16. The number of carbonyl (C=O) groups is 1. The largest absolute Gasteiger partial charge is 0.506 e. The molecule has 0 saturated heterocycles. The highest BCUT2D eigenvalue weighted by Gasteiger charge is 2.20. The molecule has 1 aromatic heterocycles. The molecule has 0 bridgehead atoms. The van der Waals surface area contributed by atoms with Crippen molar-refractivity contribution in [2.24, 2.45) is 0 Å². The van der Waals surface area contributed by atoms with E-state index in [1.807, 2.05) is 0 Å². The van der Waals surface area contributed by atoms with E-state index < -0.39 is 5.63 Å². The lowest BCUT2D eigenvalue weighted by atomic mass is 10.1. The first-order chi connectivity index (χ1) is 12.6. The number of thioether (sulfide) groups is 1. The second-order valence-electron chi connectivity index (χ2n) is 6.56. The molecule has 2 aromatic rings. The van der Waals surface area contributed by atoms with Crippen LogP contribution in [0.4, 0.5) is 0 Å². The molecule has 0 saturated carbocycles. The number of aromatic hydroxyl groups is 1. The highest BCUT2D eigenvalue weighted by Crippen LogP contribution is 2.26. The van der Waals surface area contributed by atoms with Gasteiger partial charge in [-0.3, -0.25) is 4.79 Å². The van der Waals surface area contributed by atoms with Crippen molar-refractivity contribution in [3.05, 3.63) is 40.2 Å². The third kappa shape index (κ3) is 5.90. The Kier molecular flexibility index (Phi) is 8.75. The maximum atomic E-state index is 12.3. The summed E-state index contributed by atoms with van der Waals surface area (Å²) in [5.41, 5.74) is -0.704. The number of carbonyl (C=O) groups excluding carboxylic acids is 1. The van der Waals surface area contributed by atoms with E-state index in [9.17, 15) is 14.7 Å². The van der Waals surface area contributed by atoms with E-state index >= 15 is 0 Å². The minimum absolute atomic E-state index is 0.188. The molecule has 0 aliphatic carbocycles. The minimum Gasteiger partial charge on any atom is -0.506 e. The van der Waals surface area contributed by atoms with Crippen LogP contribution in [0.2, 0.25) is 0 Å². The summed E-state index contributed by atoms with van der Waals surface area (Å²) in [4.78, 5) is 24.3. The first kappa shape index (κ1) is 20.6. The zero-order chi connectivity index (χ0) is 18.8. The van der Waals surface area contributed by atoms with Crippen molar-refractivity contribution in [2.75, 3.05) is 11.5 Å². The van der Waals surface area contributed by atoms with Gasteiger partial charge in [-0.25, -0.2) is 4.79 Å². The van der Waals surface area contributed by atoms with Crippen LogP contribution in [-0.4, -0.2) is 22.4 Å². The van der Waals surface area contributed by atoms with Gasteiger partial charge in [0.25, 0.3) is 0 Å². The highest BCUT2D eigenvalue weighted by atomic mass is 32.2. The summed E-state index contributed by atoms with van der Waals surface area (Å²) in [6.45, 7) is 2.22. The SMILES string of the molecule is CCCCCCCCCCSCC(=O)c1c(O)c2ccccc2oc1=O. The van der Waals surface area contributed by atoms with Gasteiger partial charge in [0.2, 0.25) is 0 Å². The van der Waals surface area contributed by atoms with Crippen molar-refractivity contribution in [2.45, 2.75) is 58.3 Å². The quantitative estimate of drug-likeness (QED) is 0.299. The highest BCUT2D eigenvalue weighted by molar-refractivity contribution is 7.99. The molecule has 0 fully saturated rings. The van der Waals surface area contributed by atoms with Crippen molar-refractivity contribution in [3.8, 4) is 5.75 Å². The first-order valence-corrected chi connectivity index (χ1v) is 10.7. The molecule has 1 aromatic carbocycles. The summed E-state index contributed by atoms with van der Waals surface area (Å²) in [5, 5.41) is 10.7. The molecule has 1 heterocycles. The zero-order valence-corrected chi connectivity index (χ0v) is 16.3. The van der Waals surface area contributed by atoms with E-state index in [0.29, 0.717) is 5.39 Å². The van der Waals surface area contributed by atoms with Crippen molar-refractivity contribution in [1.82, 2.24) is 0 Å². The fraction of sp³-hybridized carbons (Fsp3) is 0.524. The maximum absolute atomic E-state index is 12.3. The number of hydrogen-bond donors (Lipinski definition) is 1. The van der Waals surface area contributed by atoms with Crippen LogP contribution in [0, 0.1) is 0 Å². The van der Waals surface area contributed by atoms with Gasteiger partial charge in [-0.15, -0.1) is 0 Å². The molecule has 0 aliphatic heterocycles. The van der Waals surface area contributed by atoms with Crippen molar-refractivity contribution < 1.29 is 14.3 Å². The molecular formula is C21H28O4S. The molecule has 1 N–H and O–H groups in total. The van der Waals surface area contributed by atoms with Crippen LogP contribution in [0.25, 0.3) is 11.0 Å². The Morgan fingerprint density at radius 3 is 2.42 bits per heavy atom. The summed E-state index contributed by atoms with van der Waals surface area (Å²) < 4.78 is 5.15. The fourth-order valence-corrected chi connectivity index (χ4v) is 3.84. The van der Waals surface area contributed by atoms with Crippen LogP contribution >= 0.6 is 11.8 Å². The third-order valence-corrected chi connectivity index (χ3v) is 5.48. The summed E-state index contributed by atoms with van der Waals surface area (Å²) >= 11 is 1.51. The second kappa shape index (κ2) is 11.1. The summed E-state index contributed by atoms with van der Waals surface area (Å²) in [7, 11) is 0. The number of unbranched alkanes of at least 4 members (excludes halogenated alkanes) is 7. The van der Waals surface area contributed by atoms with Gasteiger partial charge in [0.1, 0.15) is 16.9 Å². The second-order valence-corrected chi connectivity index (χ2v) is 7.67. The molecule has 142 valence electrons. The number of para-hydroxylation sites is 1. The van der Waals surface area contributed by atoms with Gasteiger partial charge < -0.3 is 9.52 Å². The average Bonchev–Trinajstić information content (AvgIpc) is 2.63. The van der Waals surface area contributed by atoms with Crippen LogP contribution < -0.4 is 5.63 Å². The van der Waals surface area contributed by atoms with Gasteiger partial charge >= 0.3 is 5.63 Å². The maximum Gasteiger partial charge on any atom is 0.351 e. The Morgan fingerprint density at radius 2 is 1.69 bits per heavy atom. The van der Waals surface area contributed by atoms with Crippen LogP contribution in [0.5, 0.6) is 5.75 Å². The molecule has 5 heteroatoms. The monoisotopic (exact) mass is 376 g/mol. The standard InChI is InChI=1S/C21H28O4S/c1-2-3-4-5-6-7-8-11-14-26-15-17(22)19-20(23)16-12-9-10-13-18(16)25-21(19)24/h9-10,12-13,23H,2-8,11,14-15H2,1H3. The number of fused-ring (bicyclic) bond motifs is 1. The Bertz CT molecular complexity index is 766. The third-order valence-electron chi connectivity index (χ3n) is 4.44. The Labute approximate surface area is 159 Å². The lowest BCUT2D eigenvalue weighted by molar-refractivity contribution is 0.101. The molecule has 2 rings (SSSR count). The Morgan fingerprint density at radius 1 is 1.04 bits per heavy atom. The molecule has 26 heavy (non-hydrogen) atoms. The summed E-state index contributed by atoms with van der Waals surface area (Å²) in [5.74, 6) is 0.439. The predicted octanol–water partition coefficient (Wildman–Crippen LogP) is 5.56. The molecule has 0 spiro atoms. The van der Waals surface area contributed by atoms with E-state index in [-0.39, 0.29) is 28.4 Å². The van der Waals surface area contributed by atoms with Crippen LogP contribution in [0.1, 0.15) is 68.6 Å². The molecule has 4 nitrogen and oxygen atoms in total. The van der Waals surface area contributed by atoms with E-state index in [1.165, 1.54) is 56.7 Å². The Balaban J connectivity index is 1.75. The summed E-state index contributed by atoms with van der Waals surface area (Å²) in [6, 6.07) is 6.68. The van der Waals surface area contributed by atoms with Crippen molar-refractivity contribution in [1.29, 1.82) is 0 Å². The number of benzene rings is 1. The topological polar surface area (TPSA) is 67.5 Å². The van der Waals surface area contributed by atoms with Crippen molar-refractivity contribution in [3.63, 3.8) is 0 Å². The van der Waals surface area contributed by atoms with Crippen LogP contribution in [0.3, 0.4) is 0 Å². The minimum atomic E-state index is -0.765. The van der Waals surface area contributed by atoms with Gasteiger partial charge in [-0.1, -0.05) is 64.0 Å². The molecule has 0 atom stereocenters. The van der Waals surface area contributed by atoms with Gasteiger partial charge in [0, 0.05) is 0 Å². The smallest absolute Gasteiger partial charge is 0.351 e. The average molecular weight is 377 g/mol. The predicted molar refractivity (Wildman–Crippen MR) is 108 cm³/mol. The summed E-state index contributed by atoms with van der Waals surface area (Å²) in [6.07, 6.45) is 10.0. The van der Waals surface area contributed by atoms with E-state index in [1.54, 1.807) is 24.3 Å². The zero-order valence-electron chi connectivity index (χ0n) is 15.5. The van der Waals surface area contributed by atoms with E-state index in [4.69, 9.17) is 4.42 Å². The van der Waals surface area contributed by atoms with E-state index in [2.05, 4.69) is 6.92 Å². The first-order valence-electron chi connectivity index (χ1n) is 9.51. The molecule has 0 aliphatic rings. The molecule has 0 unspecified atom stereocenters. The number of Topliss-reactive ketones (excluding diaryl/α,β-unsaturated/α-hetero) is 1. The number of ketones is 1. The lowest BCUT2D eigenvalue weighted by Gasteiger charge is -2.06. The van der Waals surface area contributed by atoms with Gasteiger partial charge in [-0.05, 0) is 24.3 Å². The molecular weight excluding hydrogens is 348 g/mol. The van der Waals surface area contributed by atoms with Gasteiger partial charge in [0.15, 0.2) is 5.78 Å². The van der Waals surface area contributed by atoms with Crippen LogP contribution in [-0.2, 0) is 0 Å². The molecule has 0 radical (unpaired) electrons. The Hall–Kier alpha value is -1.75. The molecule has 0 amide bonds. The number of hydrogen-bond acceptors (Lipinski definition) is 5. The van der Waals surface area contributed by atoms with Crippen molar-refractivity contribution >= 4 is 28.5 Å². The van der Waals surface area contributed by atoms with Gasteiger partial charge in [-0.2, -0.15) is 11.8 Å². The number of rotatable bonds is 12. The van der Waals surface area contributed by atoms with E-state index in [0.717, 1.165) is 12.2 Å². The normalized spacial score (nSPS) is 11.1. The van der Waals surface area contributed by atoms with Crippen LogP contribution in [0.15, 0.2) is 33.5 Å².